The summed E-state index contributed by atoms with van der Waals surface area (Å²) in [7, 11) is 0. The average molecular weight is 352 g/mol. The van der Waals surface area contributed by atoms with Crippen LogP contribution in [0.5, 0.6) is 0 Å². The molecule has 0 unspecified atom stereocenters. The number of hydrogen-bond donors (Lipinski definition) is 2. The molecule has 1 atom stereocenters. The number of nitrogens with zero attached hydrogens (tertiary/aromatic N) is 4. The Morgan fingerprint density at radius 1 is 1.27 bits per heavy atom. The van der Waals surface area contributed by atoms with Gasteiger partial charge < -0.3 is 10.2 Å². The monoisotopic (exact) mass is 352 g/mol. The zero-order valence-corrected chi connectivity index (χ0v) is 14.5. The first-order valence-corrected chi connectivity index (χ1v) is 8.73. The lowest BCUT2D eigenvalue weighted by atomic mass is 10.1. The molecule has 8 heteroatoms. The Morgan fingerprint density at radius 3 is 2.92 bits per heavy atom. The van der Waals surface area contributed by atoms with Crippen molar-refractivity contribution in [2.24, 2.45) is 0 Å². The second-order valence-corrected chi connectivity index (χ2v) is 6.30. The van der Waals surface area contributed by atoms with Crippen LogP contribution in [0.15, 0.2) is 36.5 Å². The molecule has 0 saturated carbocycles. The number of fused-ring (bicyclic) bond motifs is 4. The van der Waals surface area contributed by atoms with Crippen molar-refractivity contribution < 1.29 is 9.59 Å². The molecule has 134 valence electrons. The maximum Gasteiger partial charge on any atom is 0.329 e. The SMILES string of the molecule is CCNC(=O)c1ccc2c(n1)N(C(=O)Nc1ccccn1)[C@H]1CCN2C1. The van der Waals surface area contributed by atoms with E-state index < -0.39 is 0 Å². The van der Waals surface area contributed by atoms with E-state index in [2.05, 4.69) is 25.5 Å². The summed E-state index contributed by atoms with van der Waals surface area (Å²) in [5.74, 6) is 0.767. The molecule has 1 saturated heterocycles. The van der Waals surface area contributed by atoms with Gasteiger partial charge in [-0.1, -0.05) is 6.07 Å². The first-order chi connectivity index (χ1) is 12.7. The Kier molecular flexibility index (Phi) is 4.16. The molecule has 2 N–H and O–H groups in total. The Hall–Kier alpha value is -3.16. The summed E-state index contributed by atoms with van der Waals surface area (Å²) < 4.78 is 0. The van der Waals surface area contributed by atoms with Crippen LogP contribution in [0.2, 0.25) is 0 Å². The van der Waals surface area contributed by atoms with Gasteiger partial charge in [-0.15, -0.1) is 0 Å². The second kappa shape index (κ2) is 6.62. The molecule has 2 aromatic rings. The summed E-state index contributed by atoms with van der Waals surface area (Å²) in [6.45, 7) is 4.02. The number of anilines is 3. The lowest BCUT2D eigenvalue weighted by Gasteiger charge is -2.35. The molecule has 8 nitrogen and oxygen atoms in total. The van der Waals surface area contributed by atoms with E-state index >= 15 is 0 Å². The van der Waals surface area contributed by atoms with Crippen molar-refractivity contribution in [3.8, 4) is 0 Å². The van der Waals surface area contributed by atoms with Gasteiger partial charge in [-0.05, 0) is 37.6 Å². The molecular weight excluding hydrogens is 332 g/mol. The van der Waals surface area contributed by atoms with E-state index in [0.29, 0.717) is 23.9 Å². The molecule has 0 aliphatic carbocycles. The molecule has 2 aliphatic rings. The van der Waals surface area contributed by atoms with E-state index in [-0.39, 0.29) is 18.0 Å². The van der Waals surface area contributed by atoms with Gasteiger partial charge in [0.05, 0.1) is 11.7 Å². The Labute approximate surface area is 151 Å². The summed E-state index contributed by atoms with van der Waals surface area (Å²) in [6, 6.07) is 8.67. The van der Waals surface area contributed by atoms with Crippen molar-refractivity contribution in [1.82, 2.24) is 15.3 Å². The topological polar surface area (TPSA) is 90.5 Å². The van der Waals surface area contributed by atoms with Gasteiger partial charge in [0.15, 0.2) is 5.82 Å². The van der Waals surface area contributed by atoms with Gasteiger partial charge >= 0.3 is 6.03 Å². The van der Waals surface area contributed by atoms with Crippen molar-refractivity contribution in [1.29, 1.82) is 0 Å². The standard InChI is InChI=1S/C18H20N6O2/c1-2-19-17(25)13-6-7-14-16(21-13)24(12-8-10-23(14)11-12)18(26)22-15-5-3-4-9-20-15/h3-7,9,12H,2,8,10-11H2,1H3,(H,19,25)(H,20,22,26)/t12-/m0/s1. The molecule has 0 radical (unpaired) electrons. The van der Waals surface area contributed by atoms with E-state index in [9.17, 15) is 9.59 Å². The van der Waals surface area contributed by atoms with Gasteiger partial charge in [-0.25, -0.2) is 14.8 Å². The molecule has 26 heavy (non-hydrogen) atoms. The number of nitrogens with one attached hydrogen (secondary N) is 2. The van der Waals surface area contributed by atoms with E-state index in [1.807, 2.05) is 19.1 Å². The maximum atomic E-state index is 12.9. The van der Waals surface area contributed by atoms with E-state index in [0.717, 1.165) is 25.2 Å². The highest BCUT2D eigenvalue weighted by Crippen LogP contribution is 2.39. The normalized spacial score (nSPS) is 17.7. The van der Waals surface area contributed by atoms with Gasteiger partial charge in [0.25, 0.3) is 5.91 Å². The number of amides is 3. The minimum Gasteiger partial charge on any atom is -0.366 e. The molecule has 0 spiro atoms. The number of hydrogen-bond acceptors (Lipinski definition) is 5. The summed E-state index contributed by atoms with van der Waals surface area (Å²) in [5, 5.41) is 5.57. The predicted octanol–water partition coefficient (Wildman–Crippen LogP) is 1.86. The minimum absolute atomic E-state index is 0.0307. The maximum absolute atomic E-state index is 12.9. The first kappa shape index (κ1) is 16.3. The lowest BCUT2D eigenvalue weighted by molar-refractivity contribution is 0.0951. The van der Waals surface area contributed by atoms with Gasteiger partial charge in [0.2, 0.25) is 0 Å². The summed E-state index contributed by atoms with van der Waals surface area (Å²) in [6.07, 6.45) is 2.49. The zero-order chi connectivity index (χ0) is 18.1. The third-order valence-electron chi connectivity index (χ3n) is 4.64. The zero-order valence-electron chi connectivity index (χ0n) is 14.5. The molecule has 2 aliphatic heterocycles. The Morgan fingerprint density at radius 2 is 2.15 bits per heavy atom. The number of aromatic nitrogens is 2. The number of rotatable bonds is 3. The fourth-order valence-electron chi connectivity index (χ4n) is 3.46. The second-order valence-electron chi connectivity index (χ2n) is 6.30. The first-order valence-electron chi connectivity index (χ1n) is 8.73. The van der Waals surface area contributed by atoms with Crippen LogP contribution in [0.3, 0.4) is 0 Å². The van der Waals surface area contributed by atoms with Gasteiger partial charge in [-0.3, -0.25) is 15.0 Å². The highest BCUT2D eigenvalue weighted by atomic mass is 16.2. The van der Waals surface area contributed by atoms with Crippen LogP contribution < -0.4 is 20.4 Å². The summed E-state index contributed by atoms with van der Waals surface area (Å²) >= 11 is 0. The van der Waals surface area contributed by atoms with Gasteiger partial charge in [0, 0.05) is 25.8 Å². The van der Waals surface area contributed by atoms with E-state index in [1.54, 1.807) is 29.3 Å². The molecule has 4 rings (SSSR count). The van der Waals surface area contributed by atoms with E-state index in [1.165, 1.54) is 0 Å². The molecule has 2 aromatic heterocycles. The average Bonchev–Trinajstić information content (AvgIpc) is 3.07. The molecule has 1 fully saturated rings. The minimum atomic E-state index is -0.281. The van der Waals surface area contributed by atoms with Crippen LogP contribution in [0.1, 0.15) is 23.8 Å². The van der Waals surface area contributed by atoms with Gasteiger partial charge in [-0.2, -0.15) is 0 Å². The van der Waals surface area contributed by atoms with Crippen LogP contribution in [-0.2, 0) is 0 Å². The lowest BCUT2D eigenvalue weighted by Crippen LogP contribution is -2.48. The van der Waals surface area contributed by atoms with Crippen LogP contribution in [0.25, 0.3) is 0 Å². The summed E-state index contributed by atoms with van der Waals surface area (Å²) in [4.78, 5) is 37.6. The van der Waals surface area contributed by atoms with Crippen molar-refractivity contribution in [2.75, 3.05) is 34.8 Å². The fraction of sp³-hybridized carbons (Fsp3) is 0.333. The quantitative estimate of drug-likeness (QED) is 0.880. The van der Waals surface area contributed by atoms with Crippen LogP contribution in [0.4, 0.5) is 22.1 Å². The summed E-state index contributed by atoms with van der Waals surface area (Å²) in [5.41, 5.74) is 1.19. The Bertz CT molecular complexity index is 841. The third-order valence-corrected chi connectivity index (χ3v) is 4.64. The number of urea groups is 1. The van der Waals surface area contributed by atoms with E-state index in [4.69, 9.17) is 0 Å². The number of carbonyl (C=O) groups excluding carboxylic acids is 2. The smallest absolute Gasteiger partial charge is 0.329 e. The van der Waals surface area contributed by atoms with Crippen LogP contribution in [0, 0.1) is 0 Å². The largest absolute Gasteiger partial charge is 0.366 e. The van der Waals surface area contributed by atoms with Crippen molar-refractivity contribution in [3.05, 3.63) is 42.2 Å². The fourth-order valence-corrected chi connectivity index (χ4v) is 3.46. The van der Waals surface area contributed by atoms with Crippen LogP contribution in [-0.4, -0.2) is 47.6 Å². The highest BCUT2D eigenvalue weighted by Gasteiger charge is 2.40. The molecule has 3 amide bonds. The Balaban J connectivity index is 1.68. The molecular formula is C18H20N6O2. The van der Waals surface area contributed by atoms with Crippen molar-refractivity contribution in [2.45, 2.75) is 19.4 Å². The third kappa shape index (κ3) is 2.83. The number of carbonyl (C=O) groups is 2. The molecule has 0 aromatic carbocycles. The predicted molar refractivity (Wildman–Crippen MR) is 98.6 cm³/mol. The molecule has 4 heterocycles. The van der Waals surface area contributed by atoms with Crippen molar-refractivity contribution in [3.63, 3.8) is 0 Å². The molecule has 2 bridgehead atoms. The van der Waals surface area contributed by atoms with Gasteiger partial charge in [0.1, 0.15) is 11.5 Å². The highest BCUT2D eigenvalue weighted by molar-refractivity contribution is 6.05. The van der Waals surface area contributed by atoms with Crippen LogP contribution >= 0.6 is 0 Å². The number of pyridine rings is 2. The van der Waals surface area contributed by atoms with Crippen molar-refractivity contribution >= 4 is 29.3 Å².